The zero-order chi connectivity index (χ0) is 23.3. The first-order valence-electron chi connectivity index (χ1n) is 11.0. The predicted molar refractivity (Wildman–Crippen MR) is 118 cm³/mol. The van der Waals surface area contributed by atoms with Gasteiger partial charge in [-0.1, -0.05) is 25.5 Å². The topological polar surface area (TPSA) is 110 Å². The van der Waals surface area contributed by atoms with Crippen LogP contribution in [-0.2, 0) is 23.9 Å². The Hall–Kier alpha value is -2.28. The molecule has 4 aliphatic carbocycles. The molecule has 0 amide bonds. The van der Waals surface area contributed by atoms with E-state index in [0.29, 0.717) is 6.42 Å². The summed E-state index contributed by atoms with van der Waals surface area (Å²) in [6, 6.07) is 0. The molecule has 0 spiro atoms. The highest BCUT2D eigenvalue weighted by molar-refractivity contribution is 7.78. The van der Waals surface area contributed by atoms with Gasteiger partial charge in [-0.3, -0.25) is 19.2 Å². The number of nitrogens with zero attached hydrogens (tertiary/aromatic N) is 1. The third kappa shape index (κ3) is 3.28. The van der Waals surface area contributed by atoms with Crippen molar-refractivity contribution < 1.29 is 29.0 Å². The molecule has 0 radical (unpaired) electrons. The number of thiocarbonyl (C=S) groups is 1. The van der Waals surface area contributed by atoms with Gasteiger partial charge < -0.3 is 9.84 Å². The molecule has 4 aliphatic rings. The summed E-state index contributed by atoms with van der Waals surface area (Å²) < 4.78 is 4.98. The fraction of sp³-hybridized carbons (Fsp3) is 0.625. The molecule has 0 aromatic rings. The smallest absolute Gasteiger partial charge is 0.328 e. The fourth-order valence-corrected chi connectivity index (χ4v) is 6.96. The Morgan fingerprint density at radius 1 is 1.31 bits per heavy atom. The summed E-state index contributed by atoms with van der Waals surface area (Å²) in [6.07, 6.45) is 7.47. The van der Waals surface area contributed by atoms with E-state index in [2.05, 4.69) is 22.4 Å². The Balaban J connectivity index is 1.58. The summed E-state index contributed by atoms with van der Waals surface area (Å²) in [7, 11) is 0. The number of rotatable bonds is 5. The van der Waals surface area contributed by atoms with E-state index in [1.807, 2.05) is 19.9 Å². The number of fused-ring (bicyclic) bond motifs is 5. The summed E-state index contributed by atoms with van der Waals surface area (Å²) in [5.41, 5.74) is -2.16. The van der Waals surface area contributed by atoms with Crippen molar-refractivity contribution in [3.63, 3.8) is 0 Å². The number of allylic oxidation sites excluding steroid dienone is 4. The van der Waals surface area contributed by atoms with Crippen LogP contribution in [0.5, 0.6) is 0 Å². The first-order valence-corrected chi connectivity index (χ1v) is 11.4. The van der Waals surface area contributed by atoms with Crippen LogP contribution in [-0.4, -0.2) is 52.3 Å². The molecule has 6 atom stereocenters. The zero-order valence-corrected chi connectivity index (χ0v) is 19.1. The minimum atomic E-state index is -1.73. The number of ether oxygens (including phenoxy) is 1. The average Bonchev–Trinajstić information content (AvgIpc) is 3.02. The standard InChI is InChI=1S/C24H27NO6S/c1-22-7-5-15(26)9-14(22)3-4-16-17-6-8-24(30,23(17,2)10-18(27)21(16)22)19(28)12-31-20(29)11-25-13-32/h5,7,9,16-17,21,30H,3-4,6,8,10-12H2,1-2H3/t16-,17-,21+,22-,23-,24-/m0/s1. The summed E-state index contributed by atoms with van der Waals surface area (Å²) >= 11 is 4.41. The van der Waals surface area contributed by atoms with E-state index >= 15 is 0 Å². The molecule has 8 heteroatoms. The zero-order valence-electron chi connectivity index (χ0n) is 18.3. The van der Waals surface area contributed by atoms with Gasteiger partial charge in [0.05, 0.1) is 5.16 Å². The van der Waals surface area contributed by atoms with Gasteiger partial charge in [-0.05, 0) is 61.9 Å². The third-order valence-corrected chi connectivity index (χ3v) is 8.64. The number of aliphatic hydroxyl groups is 1. The fourth-order valence-electron chi connectivity index (χ4n) is 6.90. The van der Waals surface area contributed by atoms with Gasteiger partial charge in [0, 0.05) is 23.2 Å². The van der Waals surface area contributed by atoms with Crippen molar-refractivity contribution in [1.29, 1.82) is 0 Å². The molecule has 7 nitrogen and oxygen atoms in total. The second-order valence-corrected chi connectivity index (χ2v) is 10.1. The predicted octanol–water partition coefficient (Wildman–Crippen LogP) is 2.42. The van der Waals surface area contributed by atoms with Crippen LogP contribution in [0.3, 0.4) is 0 Å². The molecule has 0 aromatic heterocycles. The Morgan fingerprint density at radius 2 is 2.06 bits per heavy atom. The Kier molecular flexibility index (Phi) is 5.68. The molecule has 1 N–H and O–H groups in total. The number of carbonyl (C=O) groups is 4. The van der Waals surface area contributed by atoms with Crippen molar-refractivity contribution in [2.75, 3.05) is 13.2 Å². The van der Waals surface area contributed by atoms with Crippen LogP contribution in [0.25, 0.3) is 0 Å². The van der Waals surface area contributed by atoms with Crippen molar-refractivity contribution >= 4 is 40.7 Å². The highest BCUT2D eigenvalue weighted by Crippen LogP contribution is 2.66. The van der Waals surface area contributed by atoms with Crippen LogP contribution >= 0.6 is 12.2 Å². The lowest BCUT2D eigenvalue weighted by molar-refractivity contribution is -0.172. The second-order valence-electron chi connectivity index (χ2n) is 9.93. The minimum absolute atomic E-state index is 0.0151. The lowest BCUT2D eigenvalue weighted by Gasteiger charge is -2.56. The molecule has 0 aliphatic heterocycles. The van der Waals surface area contributed by atoms with Crippen LogP contribution in [0.15, 0.2) is 28.8 Å². The summed E-state index contributed by atoms with van der Waals surface area (Å²) in [4.78, 5) is 53.6. The maximum atomic E-state index is 13.5. The summed E-state index contributed by atoms with van der Waals surface area (Å²) in [5, 5.41) is 13.6. The normalized spacial score (nSPS) is 39.8. The SMILES string of the molecule is C[C@]12C=CC(=O)C=C1CC[C@@H]1[C@@H]2C(=O)C[C@@]2(C)[C@H]1CC[C@]2(O)C(=O)COC(=O)CN=C=S. The number of isothiocyanates is 1. The van der Waals surface area contributed by atoms with Crippen LogP contribution in [0.1, 0.15) is 46.0 Å². The quantitative estimate of drug-likeness (QED) is 0.383. The summed E-state index contributed by atoms with van der Waals surface area (Å²) in [6.45, 7) is 2.95. The molecule has 3 fully saturated rings. The monoisotopic (exact) mass is 457 g/mol. The number of esters is 1. The lowest BCUT2D eigenvalue weighted by Crippen LogP contribution is -2.60. The second kappa shape index (κ2) is 7.94. The highest BCUT2D eigenvalue weighted by atomic mass is 32.1. The maximum absolute atomic E-state index is 13.5. The average molecular weight is 458 g/mol. The van der Waals surface area contributed by atoms with E-state index in [1.165, 1.54) is 0 Å². The van der Waals surface area contributed by atoms with Gasteiger partial charge in [-0.15, -0.1) is 0 Å². The lowest BCUT2D eigenvalue weighted by atomic mass is 9.46. The third-order valence-electron chi connectivity index (χ3n) is 8.51. The number of hydrogen-bond acceptors (Lipinski definition) is 8. The Bertz CT molecular complexity index is 1010. The van der Waals surface area contributed by atoms with Crippen LogP contribution in [0.4, 0.5) is 0 Å². The number of carbonyl (C=O) groups excluding carboxylic acids is 4. The van der Waals surface area contributed by atoms with E-state index < -0.39 is 34.8 Å². The summed E-state index contributed by atoms with van der Waals surface area (Å²) in [5.74, 6) is -1.61. The largest absolute Gasteiger partial charge is 0.456 e. The molecular formula is C24H27NO6S. The van der Waals surface area contributed by atoms with Crippen LogP contribution in [0, 0.1) is 28.6 Å². The van der Waals surface area contributed by atoms with Gasteiger partial charge in [0.25, 0.3) is 0 Å². The van der Waals surface area contributed by atoms with Crippen LogP contribution < -0.4 is 0 Å². The van der Waals surface area contributed by atoms with Gasteiger partial charge in [-0.2, -0.15) is 0 Å². The maximum Gasteiger partial charge on any atom is 0.328 e. The van der Waals surface area contributed by atoms with Gasteiger partial charge >= 0.3 is 5.97 Å². The molecule has 3 saturated carbocycles. The van der Waals surface area contributed by atoms with Crippen molar-refractivity contribution in [3.05, 3.63) is 23.8 Å². The number of aliphatic imine (C=N–C) groups is 1. The van der Waals surface area contributed by atoms with E-state index in [-0.39, 0.29) is 48.7 Å². The van der Waals surface area contributed by atoms with E-state index in [4.69, 9.17) is 4.74 Å². The Labute approximate surface area is 192 Å². The molecule has 0 heterocycles. The van der Waals surface area contributed by atoms with Crippen molar-refractivity contribution in [2.45, 2.75) is 51.6 Å². The number of Topliss-reactive ketones (excluding diaryl/α,β-unsaturated/α-hetero) is 2. The number of hydrogen-bond donors (Lipinski definition) is 1. The molecule has 32 heavy (non-hydrogen) atoms. The van der Waals surface area contributed by atoms with E-state index in [1.54, 1.807) is 12.2 Å². The number of ketones is 3. The molecule has 170 valence electrons. The van der Waals surface area contributed by atoms with Gasteiger partial charge in [0.1, 0.15) is 17.9 Å². The minimum Gasteiger partial charge on any atom is -0.456 e. The van der Waals surface area contributed by atoms with E-state index in [0.717, 1.165) is 18.4 Å². The molecular weight excluding hydrogens is 430 g/mol. The van der Waals surface area contributed by atoms with E-state index in [9.17, 15) is 24.3 Å². The molecule has 0 saturated heterocycles. The first-order chi connectivity index (χ1) is 15.1. The molecule has 4 rings (SSSR count). The highest BCUT2D eigenvalue weighted by Gasteiger charge is 2.68. The molecule has 0 aromatic carbocycles. The van der Waals surface area contributed by atoms with Crippen molar-refractivity contribution in [1.82, 2.24) is 0 Å². The molecule has 0 unspecified atom stereocenters. The molecule has 0 bridgehead atoms. The van der Waals surface area contributed by atoms with Crippen LogP contribution in [0.2, 0.25) is 0 Å². The van der Waals surface area contributed by atoms with Crippen molar-refractivity contribution in [2.24, 2.45) is 33.6 Å². The Morgan fingerprint density at radius 3 is 2.78 bits per heavy atom. The van der Waals surface area contributed by atoms with Gasteiger partial charge in [0.15, 0.2) is 12.4 Å². The van der Waals surface area contributed by atoms with Crippen molar-refractivity contribution in [3.8, 4) is 0 Å². The van der Waals surface area contributed by atoms with Gasteiger partial charge in [-0.25, -0.2) is 4.99 Å². The van der Waals surface area contributed by atoms with Gasteiger partial charge in [0.2, 0.25) is 5.78 Å². The first kappa shape index (κ1) is 22.9.